The van der Waals surface area contributed by atoms with Crippen LogP contribution in [0.1, 0.15) is 69.8 Å². The number of rotatable bonds is 3. The molecule has 3 nitrogen and oxygen atoms in total. The Balaban J connectivity index is 1.80. The quantitative estimate of drug-likeness (QED) is 0.858. The van der Waals surface area contributed by atoms with Crippen LogP contribution >= 0.6 is 11.3 Å². The molecule has 0 saturated heterocycles. The molecule has 2 aromatic rings. The maximum absolute atomic E-state index is 12.4. The van der Waals surface area contributed by atoms with E-state index in [9.17, 15) is 9.59 Å². The van der Waals surface area contributed by atoms with Crippen molar-refractivity contribution in [3.8, 4) is 0 Å². The third-order valence-electron chi connectivity index (χ3n) is 4.33. The molecule has 0 unspecified atom stereocenters. The maximum atomic E-state index is 12.4. The van der Waals surface area contributed by atoms with Gasteiger partial charge in [0.15, 0.2) is 5.78 Å². The summed E-state index contributed by atoms with van der Waals surface area (Å²) >= 11 is 1.32. The Bertz CT molecular complexity index is 719. The van der Waals surface area contributed by atoms with Crippen LogP contribution in [0.15, 0.2) is 35.7 Å². The molecule has 0 radical (unpaired) electrons. The topological polar surface area (TPSA) is 46.2 Å². The van der Waals surface area contributed by atoms with E-state index >= 15 is 0 Å². The molecule has 1 aromatic carbocycles. The number of hydrogen-bond donors (Lipinski definition) is 1. The molecule has 0 bridgehead atoms. The monoisotopic (exact) mass is 313 g/mol. The second-order valence-corrected chi connectivity index (χ2v) is 6.80. The largest absolute Gasteiger partial charge is 0.345 e. The molecule has 0 fully saturated rings. The van der Waals surface area contributed by atoms with Crippen LogP contribution in [0.25, 0.3) is 0 Å². The van der Waals surface area contributed by atoms with Crippen molar-refractivity contribution in [1.82, 2.24) is 5.32 Å². The van der Waals surface area contributed by atoms with Crippen molar-refractivity contribution >= 4 is 23.0 Å². The van der Waals surface area contributed by atoms with E-state index in [2.05, 4.69) is 30.4 Å². The second kappa shape index (κ2) is 6.05. The fourth-order valence-electron chi connectivity index (χ4n) is 3.02. The Labute approximate surface area is 134 Å². The molecule has 114 valence electrons. The third-order valence-corrected chi connectivity index (χ3v) is 5.25. The smallest absolute Gasteiger partial charge is 0.261 e. The van der Waals surface area contributed by atoms with Gasteiger partial charge in [0.1, 0.15) is 0 Å². The standard InChI is InChI=1S/C18H19NO2S/c1-11-7-8-16(15-6-4-3-5-14(11)15)19-18(21)17-9-13(10-22-17)12(2)20/h3-6,9-11,16H,7-8H2,1-2H3,(H,19,21)/t11-,16-/m1/s1. The van der Waals surface area contributed by atoms with E-state index in [4.69, 9.17) is 0 Å². The van der Waals surface area contributed by atoms with E-state index in [0.717, 1.165) is 12.8 Å². The first-order chi connectivity index (χ1) is 10.6. The molecule has 0 saturated carbocycles. The SMILES string of the molecule is CC(=O)c1csc(C(=O)N[C@@H]2CC[C@@H](C)c3ccccc32)c1. The van der Waals surface area contributed by atoms with Crippen molar-refractivity contribution in [1.29, 1.82) is 0 Å². The Morgan fingerprint density at radius 1 is 1.18 bits per heavy atom. The van der Waals surface area contributed by atoms with Gasteiger partial charge < -0.3 is 5.32 Å². The van der Waals surface area contributed by atoms with Gasteiger partial charge in [0.2, 0.25) is 0 Å². The number of benzene rings is 1. The fourth-order valence-corrected chi connectivity index (χ4v) is 3.87. The van der Waals surface area contributed by atoms with Gasteiger partial charge in [-0.15, -0.1) is 11.3 Å². The number of ketones is 1. The van der Waals surface area contributed by atoms with E-state index in [0.29, 0.717) is 16.4 Å². The zero-order chi connectivity index (χ0) is 15.7. The Hall–Kier alpha value is -1.94. The van der Waals surface area contributed by atoms with Crippen LogP contribution in [0, 0.1) is 0 Å². The minimum absolute atomic E-state index is 0.00728. The number of carbonyl (C=O) groups excluding carboxylic acids is 2. The predicted molar refractivity (Wildman–Crippen MR) is 88.6 cm³/mol. The van der Waals surface area contributed by atoms with Crippen molar-refractivity contribution in [3.05, 3.63) is 57.3 Å². The van der Waals surface area contributed by atoms with Gasteiger partial charge in [0.25, 0.3) is 5.91 Å². The molecule has 22 heavy (non-hydrogen) atoms. The first-order valence-electron chi connectivity index (χ1n) is 7.55. The number of thiophene rings is 1. The molecule has 3 rings (SSSR count). The average Bonchev–Trinajstić information content (AvgIpc) is 3.01. The van der Waals surface area contributed by atoms with Gasteiger partial charge in [-0.25, -0.2) is 0 Å². The van der Waals surface area contributed by atoms with E-state index in [1.54, 1.807) is 11.4 Å². The minimum Gasteiger partial charge on any atom is -0.345 e. The first-order valence-corrected chi connectivity index (χ1v) is 8.43. The highest BCUT2D eigenvalue weighted by Crippen LogP contribution is 2.37. The number of hydrogen-bond acceptors (Lipinski definition) is 3. The van der Waals surface area contributed by atoms with Crippen molar-refractivity contribution in [2.75, 3.05) is 0 Å². The Morgan fingerprint density at radius 2 is 1.91 bits per heavy atom. The molecule has 1 amide bonds. The number of amides is 1. The van der Waals surface area contributed by atoms with Crippen molar-refractivity contribution in [2.45, 2.75) is 38.6 Å². The number of Topliss-reactive ketones (excluding diaryl/α,β-unsaturated/α-hetero) is 1. The molecule has 0 spiro atoms. The van der Waals surface area contributed by atoms with E-state index < -0.39 is 0 Å². The van der Waals surface area contributed by atoms with Crippen LogP contribution in [0.3, 0.4) is 0 Å². The highest BCUT2D eigenvalue weighted by Gasteiger charge is 2.26. The molecule has 4 heteroatoms. The number of carbonyl (C=O) groups is 2. The van der Waals surface area contributed by atoms with Crippen LogP contribution in [-0.2, 0) is 0 Å². The zero-order valence-corrected chi connectivity index (χ0v) is 13.6. The molecule has 1 N–H and O–H groups in total. The van der Waals surface area contributed by atoms with Crippen molar-refractivity contribution < 1.29 is 9.59 Å². The van der Waals surface area contributed by atoms with Crippen molar-refractivity contribution in [2.24, 2.45) is 0 Å². The van der Waals surface area contributed by atoms with Crippen molar-refractivity contribution in [3.63, 3.8) is 0 Å². The summed E-state index contributed by atoms with van der Waals surface area (Å²) in [7, 11) is 0. The molecule has 1 heterocycles. The number of fused-ring (bicyclic) bond motifs is 1. The van der Waals surface area contributed by atoms with Gasteiger partial charge in [-0.1, -0.05) is 31.2 Å². The van der Waals surface area contributed by atoms with Crippen LogP contribution in [0.4, 0.5) is 0 Å². The molecular formula is C18H19NO2S. The van der Waals surface area contributed by atoms with Crippen LogP contribution in [-0.4, -0.2) is 11.7 Å². The van der Waals surface area contributed by atoms with E-state index in [1.165, 1.54) is 29.4 Å². The summed E-state index contributed by atoms with van der Waals surface area (Å²) < 4.78 is 0. The average molecular weight is 313 g/mol. The third kappa shape index (κ3) is 2.83. The normalized spacial score (nSPS) is 20.3. The summed E-state index contributed by atoms with van der Waals surface area (Å²) in [4.78, 5) is 24.4. The Morgan fingerprint density at radius 3 is 2.59 bits per heavy atom. The molecule has 1 aromatic heterocycles. The summed E-state index contributed by atoms with van der Waals surface area (Å²) in [6.07, 6.45) is 2.03. The summed E-state index contributed by atoms with van der Waals surface area (Å²) in [6.45, 7) is 3.75. The lowest BCUT2D eigenvalue weighted by Crippen LogP contribution is -2.31. The summed E-state index contributed by atoms with van der Waals surface area (Å²) in [5.74, 6) is 0.439. The summed E-state index contributed by atoms with van der Waals surface area (Å²) in [6, 6.07) is 10.1. The lowest BCUT2D eigenvalue weighted by Gasteiger charge is -2.30. The highest BCUT2D eigenvalue weighted by molar-refractivity contribution is 7.12. The van der Waals surface area contributed by atoms with Gasteiger partial charge in [-0.3, -0.25) is 9.59 Å². The predicted octanol–water partition coefficient (Wildman–Crippen LogP) is 4.32. The highest BCUT2D eigenvalue weighted by atomic mass is 32.1. The lowest BCUT2D eigenvalue weighted by molar-refractivity contribution is 0.0936. The fraction of sp³-hybridized carbons (Fsp3) is 0.333. The second-order valence-electron chi connectivity index (χ2n) is 5.89. The van der Waals surface area contributed by atoms with Crippen LogP contribution in [0.2, 0.25) is 0 Å². The Kier molecular flexibility index (Phi) is 4.12. The molecule has 0 aliphatic heterocycles. The van der Waals surface area contributed by atoms with Gasteiger partial charge in [0.05, 0.1) is 10.9 Å². The number of nitrogens with one attached hydrogen (secondary N) is 1. The van der Waals surface area contributed by atoms with Gasteiger partial charge >= 0.3 is 0 Å². The molecule has 1 aliphatic rings. The minimum atomic E-state index is -0.0909. The zero-order valence-electron chi connectivity index (χ0n) is 12.8. The summed E-state index contributed by atoms with van der Waals surface area (Å²) in [5, 5.41) is 4.87. The molecule has 2 atom stereocenters. The maximum Gasteiger partial charge on any atom is 0.261 e. The van der Waals surface area contributed by atoms with E-state index in [1.807, 2.05) is 6.07 Å². The van der Waals surface area contributed by atoms with Crippen LogP contribution in [0.5, 0.6) is 0 Å². The molecular weight excluding hydrogens is 294 g/mol. The van der Waals surface area contributed by atoms with Gasteiger partial charge in [-0.05, 0) is 42.9 Å². The van der Waals surface area contributed by atoms with E-state index in [-0.39, 0.29) is 17.7 Å². The van der Waals surface area contributed by atoms with Gasteiger partial charge in [-0.2, -0.15) is 0 Å². The first kappa shape index (κ1) is 15.0. The molecule has 1 aliphatic carbocycles. The summed E-state index contributed by atoms with van der Waals surface area (Å²) in [5.41, 5.74) is 3.15. The van der Waals surface area contributed by atoms with Gasteiger partial charge in [0, 0.05) is 10.9 Å². The lowest BCUT2D eigenvalue weighted by atomic mass is 9.81. The van der Waals surface area contributed by atoms with Crippen LogP contribution < -0.4 is 5.32 Å².